The van der Waals surface area contributed by atoms with E-state index < -0.39 is 6.10 Å². The van der Waals surface area contributed by atoms with E-state index in [1.54, 1.807) is 23.9 Å². The van der Waals surface area contributed by atoms with Gasteiger partial charge in [-0.3, -0.25) is 0 Å². The molecule has 4 nitrogen and oxygen atoms in total. The third-order valence-corrected chi connectivity index (χ3v) is 2.77. The van der Waals surface area contributed by atoms with Crippen LogP contribution in [0.4, 0.5) is 0 Å². The first-order valence-corrected chi connectivity index (χ1v) is 5.60. The maximum Gasteiger partial charge on any atom is 0.137 e. The summed E-state index contributed by atoms with van der Waals surface area (Å²) in [6, 6.07) is 9.48. The van der Waals surface area contributed by atoms with Gasteiger partial charge in [-0.15, -0.1) is 0 Å². The van der Waals surface area contributed by atoms with Crippen molar-refractivity contribution in [2.45, 2.75) is 19.1 Å². The standard InChI is InChI=1S/C13H16N2O2/c1-10(17)13-14-7-8-15(13)12(9-16)11-5-3-2-4-6-11/h2-8,10,12,16-17H,9H2,1H3. The number of aromatic nitrogens is 2. The minimum absolute atomic E-state index is 0.0277. The van der Waals surface area contributed by atoms with Crippen LogP contribution in [0.1, 0.15) is 30.5 Å². The highest BCUT2D eigenvalue weighted by molar-refractivity contribution is 5.21. The van der Waals surface area contributed by atoms with E-state index in [1.807, 2.05) is 30.3 Å². The van der Waals surface area contributed by atoms with E-state index in [0.717, 1.165) is 5.56 Å². The monoisotopic (exact) mass is 232 g/mol. The molecule has 0 saturated carbocycles. The van der Waals surface area contributed by atoms with Gasteiger partial charge in [0, 0.05) is 12.4 Å². The number of aliphatic hydroxyl groups excluding tert-OH is 2. The van der Waals surface area contributed by atoms with Crippen molar-refractivity contribution in [3.8, 4) is 0 Å². The van der Waals surface area contributed by atoms with E-state index in [4.69, 9.17) is 0 Å². The van der Waals surface area contributed by atoms with Gasteiger partial charge in [-0.2, -0.15) is 0 Å². The van der Waals surface area contributed by atoms with Gasteiger partial charge in [-0.05, 0) is 12.5 Å². The Morgan fingerprint density at radius 3 is 2.59 bits per heavy atom. The molecule has 0 bridgehead atoms. The van der Waals surface area contributed by atoms with Crippen molar-refractivity contribution in [2.75, 3.05) is 6.61 Å². The Balaban J connectivity index is 2.39. The maximum atomic E-state index is 9.62. The van der Waals surface area contributed by atoms with Gasteiger partial charge in [-0.25, -0.2) is 4.98 Å². The number of benzene rings is 1. The molecule has 1 aromatic heterocycles. The predicted molar refractivity (Wildman–Crippen MR) is 64.5 cm³/mol. The molecule has 0 radical (unpaired) electrons. The average molecular weight is 232 g/mol. The van der Waals surface area contributed by atoms with Crippen molar-refractivity contribution < 1.29 is 10.2 Å². The lowest BCUT2D eigenvalue weighted by atomic mass is 10.1. The summed E-state index contributed by atoms with van der Waals surface area (Å²) in [7, 11) is 0. The number of rotatable bonds is 4. The molecule has 4 heteroatoms. The van der Waals surface area contributed by atoms with Gasteiger partial charge in [0.25, 0.3) is 0 Å². The van der Waals surface area contributed by atoms with Crippen LogP contribution in [0.5, 0.6) is 0 Å². The van der Waals surface area contributed by atoms with Gasteiger partial charge in [0.1, 0.15) is 11.9 Å². The summed E-state index contributed by atoms with van der Waals surface area (Å²) in [5.41, 5.74) is 0.995. The van der Waals surface area contributed by atoms with Gasteiger partial charge in [0.05, 0.1) is 12.6 Å². The van der Waals surface area contributed by atoms with Crippen LogP contribution in [0, 0.1) is 0 Å². The van der Waals surface area contributed by atoms with Crippen LogP contribution < -0.4 is 0 Å². The van der Waals surface area contributed by atoms with Crippen molar-refractivity contribution in [3.05, 3.63) is 54.1 Å². The zero-order valence-corrected chi connectivity index (χ0v) is 9.69. The van der Waals surface area contributed by atoms with Gasteiger partial charge < -0.3 is 14.8 Å². The Morgan fingerprint density at radius 1 is 1.29 bits per heavy atom. The van der Waals surface area contributed by atoms with E-state index in [1.165, 1.54) is 0 Å². The lowest BCUT2D eigenvalue weighted by molar-refractivity contribution is 0.174. The van der Waals surface area contributed by atoms with E-state index >= 15 is 0 Å². The highest BCUT2D eigenvalue weighted by atomic mass is 16.3. The minimum atomic E-state index is -0.650. The summed E-state index contributed by atoms with van der Waals surface area (Å²) in [4.78, 5) is 4.11. The largest absolute Gasteiger partial charge is 0.394 e. The Kier molecular flexibility index (Phi) is 3.56. The number of imidazole rings is 1. The molecule has 2 atom stereocenters. The fourth-order valence-electron chi connectivity index (χ4n) is 1.94. The molecule has 1 aromatic carbocycles. The van der Waals surface area contributed by atoms with Crippen LogP contribution >= 0.6 is 0 Å². The smallest absolute Gasteiger partial charge is 0.137 e. The summed E-state index contributed by atoms with van der Waals surface area (Å²) in [5, 5.41) is 19.1. The van der Waals surface area contributed by atoms with Crippen LogP contribution in [0.25, 0.3) is 0 Å². The van der Waals surface area contributed by atoms with Crippen LogP contribution in [0.15, 0.2) is 42.7 Å². The summed E-state index contributed by atoms with van der Waals surface area (Å²) in [6.07, 6.45) is 2.76. The van der Waals surface area contributed by atoms with Crippen LogP contribution in [0.2, 0.25) is 0 Å². The van der Waals surface area contributed by atoms with Crippen molar-refractivity contribution in [1.29, 1.82) is 0 Å². The molecule has 17 heavy (non-hydrogen) atoms. The highest BCUT2D eigenvalue weighted by Gasteiger charge is 2.17. The van der Waals surface area contributed by atoms with Crippen molar-refractivity contribution in [3.63, 3.8) is 0 Å². The van der Waals surface area contributed by atoms with E-state index in [0.29, 0.717) is 5.82 Å². The molecule has 0 aliphatic rings. The summed E-state index contributed by atoms with van der Waals surface area (Å²) in [5.74, 6) is 0.563. The number of hydrogen-bond donors (Lipinski definition) is 2. The van der Waals surface area contributed by atoms with E-state index in [-0.39, 0.29) is 12.6 Å². The second-order valence-corrected chi connectivity index (χ2v) is 3.98. The first kappa shape index (κ1) is 11.8. The minimum Gasteiger partial charge on any atom is -0.394 e. The summed E-state index contributed by atoms with van der Waals surface area (Å²) >= 11 is 0. The quantitative estimate of drug-likeness (QED) is 0.840. The van der Waals surface area contributed by atoms with Gasteiger partial charge in [0.2, 0.25) is 0 Å². The average Bonchev–Trinajstić information content (AvgIpc) is 2.81. The van der Waals surface area contributed by atoms with Gasteiger partial charge in [0.15, 0.2) is 0 Å². The zero-order valence-electron chi connectivity index (χ0n) is 9.69. The normalized spacial score (nSPS) is 14.5. The molecule has 0 aliphatic heterocycles. The molecular formula is C13H16N2O2. The molecule has 0 fully saturated rings. The third-order valence-electron chi connectivity index (χ3n) is 2.77. The second-order valence-electron chi connectivity index (χ2n) is 3.98. The molecule has 2 unspecified atom stereocenters. The molecule has 0 saturated heterocycles. The third kappa shape index (κ3) is 2.38. The van der Waals surface area contributed by atoms with E-state index in [2.05, 4.69) is 4.98 Å². The lowest BCUT2D eigenvalue weighted by Gasteiger charge is -2.20. The van der Waals surface area contributed by atoms with Crippen molar-refractivity contribution in [2.24, 2.45) is 0 Å². The van der Waals surface area contributed by atoms with Gasteiger partial charge in [-0.1, -0.05) is 30.3 Å². The molecule has 90 valence electrons. The van der Waals surface area contributed by atoms with Gasteiger partial charge >= 0.3 is 0 Å². The zero-order chi connectivity index (χ0) is 12.3. The Labute approximate surface area is 100 Å². The molecule has 2 rings (SSSR count). The first-order valence-electron chi connectivity index (χ1n) is 5.60. The topological polar surface area (TPSA) is 58.3 Å². The fourth-order valence-corrected chi connectivity index (χ4v) is 1.94. The SMILES string of the molecule is CC(O)c1nccn1C(CO)c1ccccc1. The van der Waals surface area contributed by atoms with Crippen LogP contribution in [0.3, 0.4) is 0 Å². The van der Waals surface area contributed by atoms with Crippen molar-refractivity contribution >= 4 is 0 Å². The fraction of sp³-hybridized carbons (Fsp3) is 0.308. The number of hydrogen-bond acceptors (Lipinski definition) is 3. The number of nitrogens with zero attached hydrogens (tertiary/aromatic N) is 2. The molecule has 2 N–H and O–H groups in total. The maximum absolute atomic E-state index is 9.62. The Bertz CT molecular complexity index is 465. The van der Waals surface area contributed by atoms with Crippen LogP contribution in [-0.2, 0) is 0 Å². The predicted octanol–water partition coefficient (Wildman–Crippen LogP) is 1.52. The van der Waals surface area contributed by atoms with E-state index in [9.17, 15) is 10.2 Å². The summed E-state index contributed by atoms with van der Waals surface area (Å²) in [6.45, 7) is 1.64. The summed E-state index contributed by atoms with van der Waals surface area (Å²) < 4.78 is 1.81. The van der Waals surface area contributed by atoms with Crippen LogP contribution in [-0.4, -0.2) is 26.4 Å². The molecule has 0 spiro atoms. The molecular weight excluding hydrogens is 216 g/mol. The number of aliphatic hydroxyl groups is 2. The molecule has 0 amide bonds. The Hall–Kier alpha value is -1.65. The molecule has 2 aromatic rings. The van der Waals surface area contributed by atoms with Crippen molar-refractivity contribution in [1.82, 2.24) is 9.55 Å². The lowest BCUT2D eigenvalue weighted by Crippen LogP contribution is -2.17. The molecule has 1 heterocycles. The Morgan fingerprint density at radius 2 is 2.00 bits per heavy atom. The highest BCUT2D eigenvalue weighted by Crippen LogP contribution is 2.22. The molecule has 0 aliphatic carbocycles. The first-order chi connectivity index (χ1) is 8.24. The second kappa shape index (κ2) is 5.12.